The van der Waals surface area contributed by atoms with E-state index in [-0.39, 0.29) is 5.75 Å². The topological polar surface area (TPSA) is 59.1 Å². The van der Waals surface area contributed by atoms with Crippen LogP contribution >= 0.6 is 0 Å². The molecule has 1 rings (SSSR count). The van der Waals surface area contributed by atoms with Crippen LogP contribution in [0.1, 0.15) is 18.5 Å². The third kappa shape index (κ3) is 2.51. The second-order valence-electron chi connectivity index (χ2n) is 2.72. The molecule has 3 N–H and O–H groups in total. The van der Waals surface area contributed by atoms with Gasteiger partial charge in [0.15, 0.2) is 0 Å². The Labute approximate surface area is 72.2 Å². The van der Waals surface area contributed by atoms with Crippen molar-refractivity contribution in [2.24, 2.45) is 5.73 Å². The Hall–Kier alpha value is -1.09. The quantitative estimate of drug-likeness (QED) is 0.658. The van der Waals surface area contributed by atoms with Gasteiger partial charge in [0.1, 0.15) is 5.75 Å². The number of aromatic hydroxyl groups is 1. The van der Waals surface area contributed by atoms with Gasteiger partial charge in [0.05, 0.1) is 5.69 Å². The number of aromatic nitrogens is 1. The summed E-state index contributed by atoms with van der Waals surface area (Å²) in [5, 5.41) is 9.32. The van der Waals surface area contributed by atoms with Gasteiger partial charge >= 0.3 is 0 Å². The smallest absolute Gasteiger partial charge is 0.137 e. The van der Waals surface area contributed by atoms with Gasteiger partial charge in [-0.3, -0.25) is 4.98 Å². The van der Waals surface area contributed by atoms with Crippen LogP contribution in [0.2, 0.25) is 0 Å². The van der Waals surface area contributed by atoms with Crippen molar-refractivity contribution in [1.82, 2.24) is 4.98 Å². The lowest BCUT2D eigenvalue weighted by Crippen LogP contribution is -1.99. The fourth-order valence-electron chi connectivity index (χ4n) is 1.06. The number of nitrogens with two attached hydrogens (primary N) is 1. The molecule has 0 fully saturated rings. The van der Waals surface area contributed by atoms with Crippen LogP contribution in [-0.4, -0.2) is 16.6 Å². The van der Waals surface area contributed by atoms with E-state index < -0.39 is 0 Å². The number of unbranched alkanes of at least 4 members (excludes halogenated alkanes) is 1. The van der Waals surface area contributed by atoms with Crippen molar-refractivity contribution >= 4 is 0 Å². The van der Waals surface area contributed by atoms with Crippen LogP contribution in [0.15, 0.2) is 18.3 Å². The molecule has 0 aliphatic heterocycles. The van der Waals surface area contributed by atoms with Gasteiger partial charge in [-0.2, -0.15) is 0 Å². The summed E-state index contributed by atoms with van der Waals surface area (Å²) in [5.41, 5.74) is 6.12. The monoisotopic (exact) mass is 166 g/mol. The Kier molecular flexibility index (Phi) is 3.54. The van der Waals surface area contributed by atoms with E-state index in [0.29, 0.717) is 6.54 Å². The fourth-order valence-corrected chi connectivity index (χ4v) is 1.06. The highest BCUT2D eigenvalue weighted by Crippen LogP contribution is 2.14. The fraction of sp³-hybridized carbons (Fsp3) is 0.444. The first-order chi connectivity index (χ1) is 5.84. The molecular formula is C9H14N2O. The van der Waals surface area contributed by atoms with Crippen LogP contribution in [0, 0.1) is 0 Å². The molecule has 66 valence electrons. The molecular weight excluding hydrogens is 152 g/mol. The summed E-state index contributed by atoms with van der Waals surface area (Å²) in [7, 11) is 0. The normalized spacial score (nSPS) is 10.1. The molecule has 1 heterocycles. The molecule has 0 aliphatic rings. The van der Waals surface area contributed by atoms with E-state index in [2.05, 4.69) is 4.98 Å². The number of nitrogens with zero attached hydrogens (tertiary/aromatic N) is 1. The Morgan fingerprint density at radius 3 is 2.92 bits per heavy atom. The van der Waals surface area contributed by atoms with E-state index in [1.165, 1.54) is 0 Å². The number of pyridine rings is 1. The van der Waals surface area contributed by atoms with Crippen molar-refractivity contribution in [2.75, 3.05) is 6.54 Å². The first-order valence-corrected chi connectivity index (χ1v) is 4.17. The summed E-state index contributed by atoms with van der Waals surface area (Å²) < 4.78 is 0. The van der Waals surface area contributed by atoms with Crippen LogP contribution in [0.25, 0.3) is 0 Å². The molecule has 1 aromatic heterocycles. The second kappa shape index (κ2) is 4.72. The Balaban J connectivity index is 2.46. The van der Waals surface area contributed by atoms with E-state index in [1.807, 2.05) is 0 Å². The lowest BCUT2D eigenvalue weighted by Gasteiger charge is -2.01. The van der Waals surface area contributed by atoms with Crippen molar-refractivity contribution in [1.29, 1.82) is 0 Å². The van der Waals surface area contributed by atoms with Crippen molar-refractivity contribution in [3.05, 3.63) is 24.0 Å². The average Bonchev–Trinajstić information content (AvgIpc) is 2.09. The maximum atomic E-state index is 9.32. The zero-order valence-corrected chi connectivity index (χ0v) is 7.03. The summed E-state index contributed by atoms with van der Waals surface area (Å²) >= 11 is 0. The standard InChI is InChI=1S/C9H14N2O/c10-6-2-1-4-8-9(12)5-3-7-11-8/h3,5,7,12H,1-2,4,6,10H2. The van der Waals surface area contributed by atoms with Crippen molar-refractivity contribution in [3.63, 3.8) is 0 Å². The number of hydrogen-bond acceptors (Lipinski definition) is 3. The summed E-state index contributed by atoms with van der Waals surface area (Å²) in [4.78, 5) is 4.06. The molecule has 0 spiro atoms. The maximum absolute atomic E-state index is 9.32. The van der Waals surface area contributed by atoms with Gasteiger partial charge in [-0.25, -0.2) is 0 Å². The highest BCUT2D eigenvalue weighted by atomic mass is 16.3. The van der Waals surface area contributed by atoms with Gasteiger partial charge in [0.2, 0.25) is 0 Å². The Morgan fingerprint density at radius 1 is 1.42 bits per heavy atom. The number of rotatable bonds is 4. The van der Waals surface area contributed by atoms with E-state index in [0.717, 1.165) is 25.0 Å². The molecule has 0 aliphatic carbocycles. The lowest BCUT2D eigenvalue weighted by molar-refractivity contribution is 0.462. The van der Waals surface area contributed by atoms with Crippen LogP contribution in [0.3, 0.4) is 0 Å². The highest BCUT2D eigenvalue weighted by Gasteiger charge is 1.99. The van der Waals surface area contributed by atoms with Crippen molar-refractivity contribution < 1.29 is 5.11 Å². The Morgan fingerprint density at radius 2 is 2.25 bits per heavy atom. The van der Waals surface area contributed by atoms with Crippen LogP contribution in [0.4, 0.5) is 0 Å². The van der Waals surface area contributed by atoms with Crippen molar-refractivity contribution in [3.8, 4) is 5.75 Å². The van der Waals surface area contributed by atoms with E-state index in [9.17, 15) is 5.11 Å². The zero-order valence-electron chi connectivity index (χ0n) is 7.03. The minimum Gasteiger partial charge on any atom is -0.506 e. The molecule has 1 aromatic rings. The predicted molar refractivity (Wildman–Crippen MR) is 47.9 cm³/mol. The molecule has 3 nitrogen and oxygen atoms in total. The molecule has 0 atom stereocenters. The minimum atomic E-state index is 0.287. The molecule has 12 heavy (non-hydrogen) atoms. The van der Waals surface area contributed by atoms with Gasteiger partial charge in [-0.05, 0) is 37.9 Å². The summed E-state index contributed by atoms with van der Waals surface area (Å²) in [5.74, 6) is 0.287. The van der Waals surface area contributed by atoms with Crippen molar-refractivity contribution in [2.45, 2.75) is 19.3 Å². The van der Waals surface area contributed by atoms with E-state index in [4.69, 9.17) is 5.73 Å². The predicted octanol–water partition coefficient (Wildman–Crippen LogP) is 1.07. The summed E-state index contributed by atoms with van der Waals surface area (Å²) in [6.07, 6.45) is 4.47. The molecule has 3 heteroatoms. The van der Waals surface area contributed by atoms with Gasteiger partial charge in [-0.1, -0.05) is 0 Å². The number of aryl methyl sites for hydroxylation is 1. The van der Waals surface area contributed by atoms with Gasteiger partial charge in [0, 0.05) is 6.20 Å². The third-order valence-corrected chi connectivity index (χ3v) is 1.73. The second-order valence-corrected chi connectivity index (χ2v) is 2.72. The van der Waals surface area contributed by atoms with E-state index >= 15 is 0 Å². The largest absolute Gasteiger partial charge is 0.506 e. The van der Waals surface area contributed by atoms with Crippen LogP contribution < -0.4 is 5.73 Å². The van der Waals surface area contributed by atoms with E-state index in [1.54, 1.807) is 18.3 Å². The summed E-state index contributed by atoms with van der Waals surface area (Å²) in [6, 6.07) is 3.38. The minimum absolute atomic E-state index is 0.287. The van der Waals surface area contributed by atoms with Crippen LogP contribution in [-0.2, 0) is 6.42 Å². The Bertz CT molecular complexity index is 238. The highest BCUT2D eigenvalue weighted by molar-refractivity contribution is 5.24. The SMILES string of the molecule is NCCCCc1ncccc1O. The van der Waals surface area contributed by atoms with Gasteiger partial charge < -0.3 is 10.8 Å². The molecule has 0 bridgehead atoms. The molecule has 0 radical (unpaired) electrons. The molecule has 0 unspecified atom stereocenters. The van der Waals surface area contributed by atoms with Gasteiger partial charge in [0.25, 0.3) is 0 Å². The molecule has 0 aromatic carbocycles. The van der Waals surface area contributed by atoms with Gasteiger partial charge in [-0.15, -0.1) is 0 Å². The molecule has 0 saturated carbocycles. The number of hydrogen-bond donors (Lipinski definition) is 2. The third-order valence-electron chi connectivity index (χ3n) is 1.73. The molecule has 0 saturated heterocycles. The first kappa shape index (κ1) is 9.00. The lowest BCUT2D eigenvalue weighted by atomic mass is 10.1. The maximum Gasteiger partial charge on any atom is 0.137 e. The molecule has 0 amide bonds. The zero-order chi connectivity index (χ0) is 8.81. The average molecular weight is 166 g/mol. The van der Waals surface area contributed by atoms with Crippen LogP contribution in [0.5, 0.6) is 5.75 Å². The first-order valence-electron chi connectivity index (χ1n) is 4.17. The summed E-state index contributed by atoms with van der Waals surface area (Å²) in [6.45, 7) is 0.702.